The maximum absolute atomic E-state index is 12.4. The summed E-state index contributed by atoms with van der Waals surface area (Å²) < 4.78 is 5.30. The molecular formula is C27H25N5O2. The minimum atomic E-state index is -0.0925. The zero-order valence-electron chi connectivity index (χ0n) is 18.9. The molecule has 7 nitrogen and oxygen atoms in total. The van der Waals surface area contributed by atoms with Crippen LogP contribution in [-0.2, 0) is 24.1 Å². The summed E-state index contributed by atoms with van der Waals surface area (Å²) in [6, 6.07) is 23.9. The smallest absolute Gasteiger partial charge is 0.227 e. The minimum Gasteiger partial charge on any atom is -0.342 e. The summed E-state index contributed by atoms with van der Waals surface area (Å²) in [5.74, 6) is 1.87. The van der Waals surface area contributed by atoms with Crippen LogP contribution in [0.25, 0.3) is 22.4 Å². The number of carbonyl (C=O) groups excluding carboxylic acids is 1. The van der Waals surface area contributed by atoms with Crippen LogP contribution in [0.5, 0.6) is 0 Å². The Balaban J connectivity index is 1.10. The molecule has 7 heteroatoms. The van der Waals surface area contributed by atoms with E-state index in [1.54, 1.807) is 0 Å². The van der Waals surface area contributed by atoms with Crippen LogP contribution in [0, 0.1) is 6.92 Å². The third-order valence-electron chi connectivity index (χ3n) is 5.67. The molecule has 170 valence electrons. The van der Waals surface area contributed by atoms with Crippen molar-refractivity contribution in [3.05, 3.63) is 95.6 Å². The van der Waals surface area contributed by atoms with Gasteiger partial charge in [0.15, 0.2) is 0 Å². The van der Waals surface area contributed by atoms with Crippen LogP contribution in [0.15, 0.2) is 77.3 Å². The number of amides is 1. The number of hydrogen-bond acceptors (Lipinski definition) is 5. The van der Waals surface area contributed by atoms with Gasteiger partial charge in [0.25, 0.3) is 0 Å². The third-order valence-corrected chi connectivity index (χ3v) is 5.67. The summed E-state index contributed by atoms with van der Waals surface area (Å²) in [6.07, 6.45) is 2.35. The second kappa shape index (κ2) is 9.70. The van der Waals surface area contributed by atoms with E-state index in [1.807, 2.05) is 79.7 Å². The monoisotopic (exact) mass is 451 g/mol. The van der Waals surface area contributed by atoms with E-state index in [0.717, 1.165) is 41.0 Å². The molecule has 0 aliphatic heterocycles. The lowest BCUT2D eigenvalue weighted by Gasteiger charge is -2.06. The second-order valence-corrected chi connectivity index (χ2v) is 8.32. The van der Waals surface area contributed by atoms with Gasteiger partial charge in [-0.2, -0.15) is 4.98 Å². The van der Waals surface area contributed by atoms with Gasteiger partial charge in [-0.05, 0) is 43.2 Å². The predicted octanol–water partition coefficient (Wildman–Crippen LogP) is 5.28. The van der Waals surface area contributed by atoms with Crippen LogP contribution in [0.4, 0.5) is 5.69 Å². The number of benzene rings is 3. The van der Waals surface area contributed by atoms with Crippen molar-refractivity contribution in [2.24, 2.45) is 0 Å². The number of H-pyrrole nitrogens is 1. The fourth-order valence-corrected chi connectivity index (χ4v) is 3.76. The summed E-state index contributed by atoms with van der Waals surface area (Å²) in [5, 5.41) is 6.94. The highest BCUT2D eigenvalue weighted by Gasteiger charge is 2.11. The quantitative estimate of drug-likeness (QED) is 0.335. The molecule has 2 heterocycles. The molecule has 0 bridgehead atoms. The molecule has 34 heavy (non-hydrogen) atoms. The summed E-state index contributed by atoms with van der Waals surface area (Å²) in [6.45, 7) is 2.03. The van der Waals surface area contributed by atoms with Gasteiger partial charge < -0.3 is 14.8 Å². The van der Waals surface area contributed by atoms with Gasteiger partial charge in [-0.25, -0.2) is 4.98 Å². The zero-order valence-corrected chi connectivity index (χ0v) is 18.9. The number of aromatic nitrogens is 4. The maximum Gasteiger partial charge on any atom is 0.227 e. The Morgan fingerprint density at radius 2 is 1.71 bits per heavy atom. The molecule has 0 aliphatic rings. The van der Waals surface area contributed by atoms with E-state index in [9.17, 15) is 4.79 Å². The number of aromatic amines is 1. The first-order valence-corrected chi connectivity index (χ1v) is 11.3. The molecule has 2 N–H and O–H groups in total. The van der Waals surface area contributed by atoms with Crippen LogP contribution >= 0.6 is 0 Å². The molecule has 0 atom stereocenters. The normalized spacial score (nSPS) is 11.1. The lowest BCUT2D eigenvalue weighted by Crippen LogP contribution is -2.12. The maximum atomic E-state index is 12.4. The van der Waals surface area contributed by atoms with Crippen molar-refractivity contribution in [2.45, 2.75) is 32.6 Å². The standard InChI is InChI=1S/C27H25N5O2/c1-18-6-11-20(12-7-18)27-31-26(34-32-27)17-16-25(33)28-21-13-8-19(9-14-21)10-15-24-29-22-4-2-3-5-23(22)30-24/h2-9,11-14H,10,15-17H2,1H3,(H,28,33)(H,29,30). The average molecular weight is 452 g/mol. The van der Waals surface area contributed by atoms with Crippen LogP contribution < -0.4 is 5.32 Å². The number of hydrogen-bond donors (Lipinski definition) is 2. The lowest BCUT2D eigenvalue weighted by atomic mass is 10.1. The number of imidazole rings is 1. The molecule has 0 radical (unpaired) electrons. The molecule has 0 aliphatic carbocycles. The average Bonchev–Trinajstić information content (AvgIpc) is 3.50. The van der Waals surface area contributed by atoms with Crippen molar-refractivity contribution in [3.63, 3.8) is 0 Å². The highest BCUT2D eigenvalue weighted by molar-refractivity contribution is 5.90. The van der Waals surface area contributed by atoms with Gasteiger partial charge in [-0.15, -0.1) is 0 Å². The number of para-hydroxylation sites is 2. The van der Waals surface area contributed by atoms with Crippen molar-refractivity contribution in [1.82, 2.24) is 20.1 Å². The first-order chi connectivity index (χ1) is 16.6. The van der Waals surface area contributed by atoms with Crippen molar-refractivity contribution in [2.75, 3.05) is 5.32 Å². The van der Waals surface area contributed by atoms with Crippen LogP contribution in [-0.4, -0.2) is 26.0 Å². The third kappa shape index (κ3) is 5.20. The van der Waals surface area contributed by atoms with E-state index >= 15 is 0 Å². The van der Waals surface area contributed by atoms with Crippen LogP contribution in [0.2, 0.25) is 0 Å². The fourth-order valence-electron chi connectivity index (χ4n) is 3.76. The molecule has 5 aromatic rings. The van der Waals surface area contributed by atoms with Crippen molar-refractivity contribution in [1.29, 1.82) is 0 Å². The first kappa shape index (κ1) is 21.6. The summed E-state index contributed by atoms with van der Waals surface area (Å²) in [4.78, 5) is 24.7. The van der Waals surface area contributed by atoms with Crippen molar-refractivity contribution in [3.8, 4) is 11.4 Å². The van der Waals surface area contributed by atoms with Gasteiger partial charge in [0.2, 0.25) is 17.6 Å². The summed E-state index contributed by atoms with van der Waals surface area (Å²) in [7, 11) is 0. The van der Waals surface area contributed by atoms with Crippen molar-refractivity contribution < 1.29 is 9.32 Å². The molecule has 1 amide bonds. The van der Waals surface area contributed by atoms with E-state index in [4.69, 9.17) is 4.52 Å². The number of anilines is 1. The highest BCUT2D eigenvalue weighted by Crippen LogP contribution is 2.18. The van der Waals surface area contributed by atoms with Gasteiger partial charge >= 0.3 is 0 Å². The fraction of sp³-hybridized carbons (Fsp3) is 0.185. The number of fused-ring (bicyclic) bond motifs is 1. The molecule has 3 aromatic carbocycles. The number of rotatable bonds is 8. The predicted molar refractivity (Wildman–Crippen MR) is 131 cm³/mol. The molecule has 0 spiro atoms. The first-order valence-electron chi connectivity index (χ1n) is 11.3. The zero-order chi connectivity index (χ0) is 23.3. The second-order valence-electron chi connectivity index (χ2n) is 8.32. The van der Waals surface area contributed by atoms with Gasteiger partial charge in [0, 0.05) is 30.5 Å². The number of nitrogens with one attached hydrogen (secondary N) is 2. The Morgan fingerprint density at radius 1 is 0.912 bits per heavy atom. The Hall–Kier alpha value is -4.26. The topological polar surface area (TPSA) is 96.7 Å². The van der Waals surface area contributed by atoms with E-state index in [1.165, 1.54) is 11.1 Å². The molecule has 0 saturated carbocycles. The Morgan fingerprint density at radius 3 is 2.50 bits per heavy atom. The van der Waals surface area contributed by atoms with Gasteiger partial charge in [-0.1, -0.05) is 59.3 Å². The summed E-state index contributed by atoms with van der Waals surface area (Å²) in [5.41, 5.74) is 6.06. The Kier molecular flexibility index (Phi) is 6.16. The molecule has 0 fully saturated rings. The Bertz CT molecular complexity index is 1370. The summed E-state index contributed by atoms with van der Waals surface area (Å²) >= 11 is 0. The lowest BCUT2D eigenvalue weighted by molar-refractivity contribution is -0.116. The van der Waals surface area contributed by atoms with Gasteiger partial charge in [0.1, 0.15) is 5.82 Å². The number of nitrogens with zero attached hydrogens (tertiary/aromatic N) is 3. The van der Waals surface area contributed by atoms with E-state index in [2.05, 4.69) is 25.4 Å². The van der Waals surface area contributed by atoms with E-state index in [-0.39, 0.29) is 12.3 Å². The van der Waals surface area contributed by atoms with Gasteiger partial charge in [-0.3, -0.25) is 4.79 Å². The largest absolute Gasteiger partial charge is 0.342 e. The molecule has 0 unspecified atom stereocenters. The SMILES string of the molecule is Cc1ccc(-c2noc(CCC(=O)Nc3ccc(CCc4nc5ccccc5[nH]4)cc3)n2)cc1. The number of aryl methyl sites for hydroxylation is 4. The van der Waals surface area contributed by atoms with Crippen LogP contribution in [0.1, 0.15) is 29.3 Å². The van der Waals surface area contributed by atoms with Crippen LogP contribution in [0.3, 0.4) is 0 Å². The molecule has 5 rings (SSSR count). The molecule has 2 aromatic heterocycles. The highest BCUT2D eigenvalue weighted by atomic mass is 16.5. The van der Waals surface area contributed by atoms with E-state index in [0.29, 0.717) is 18.1 Å². The van der Waals surface area contributed by atoms with Crippen molar-refractivity contribution >= 4 is 22.6 Å². The molecule has 0 saturated heterocycles. The minimum absolute atomic E-state index is 0.0925. The van der Waals surface area contributed by atoms with E-state index < -0.39 is 0 Å². The van der Waals surface area contributed by atoms with Gasteiger partial charge in [0.05, 0.1) is 11.0 Å². The number of carbonyl (C=O) groups is 1. The molecular weight excluding hydrogens is 426 g/mol. The Labute approximate surface area is 197 Å².